The average molecular weight is 321 g/mol. The van der Waals surface area contributed by atoms with Crippen LogP contribution in [0.5, 0.6) is 5.75 Å². The molecule has 0 saturated carbocycles. The Bertz CT molecular complexity index is 395. The minimum absolute atomic E-state index is 0.0504. The Morgan fingerprint density at radius 1 is 1.19 bits per heavy atom. The van der Waals surface area contributed by atoms with Gasteiger partial charge < -0.3 is 10.1 Å². The largest absolute Gasteiger partial charge is 0.493 e. The van der Waals surface area contributed by atoms with Gasteiger partial charge in [-0.25, -0.2) is 0 Å². The number of hydrogen-bond acceptors (Lipinski definition) is 3. The van der Waals surface area contributed by atoms with Crippen LogP contribution < -0.4 is 10.1 Å². The Morgan fingerprint density at radius 3 is 2.38 bits per heavy atom. The first-order valence-corrected chi connectivity index (χ1v) is 8.11. The lowest BCUT2D eigenvalue weighted by Crippen LogP contribution is -2.21. The molecule has 1 aromatic rings. The zero-order valence-corrected chi connectivity index (χ0v) is 13.2. The number of nitrogens with one attached hydrogen (secondary N) is 1. The van der Waals surface area contributed by atoms with Crippen LogP contribution in [0.1, 0.15) is 38.3 Å². The van der Waals surface area contributed by atoms with Crippen LogP contribution in [0.3, 0.4) is 0 Å². The number of halogens is 3. The van der Waals surface area contributed by atoms with Crippen LogP contribution in [0.25, 0.3) is 0 Å². The van der Waals surface area contributed by atoms with Crippen LogP contribution in [0.15, 0.2) is 24.3 Å². The highest BCUT2D eigenvalue weighted by Crippen LogP contribution is 2.29. The number of hydrogen-bond donors (Lipinski definition) is 1. The van der Waals surface area contributed by atoms with Crippen molar-refractivity contribution in [2.45, 2.75) is 38.2 Å². The fourth-order valence-corrected chi connectivity index (χ4v) is 2.33. The smallest absolute Gasteiger partial charge is 0.441 e. The van der Waals surface area contributed by atoms with Gasteiger partial charge in [-0.3, -0.25) is 0 Å². The lowest BCUT2D eigenvalue weighted by Gasteiger charge is -2.17. The van der Waals surface area contributed by atoms with Crippen molar-refractivity contribution < 1.29 is 17.9 Å². The number of ether oxygens (including phenoxy) is 1. The van der Waals surface area contributed by atoms with Crippen molar-refractivity contribution in [2.75, 3.05) is 18.9 Å². The SMILES string of the molecule is CCCNC(CC)c1ccc(OCCSC(F)(F)F)cc1. The van der Waals surface area contributed by atoms with Crippen molar-refractivity contribution in [3.05, 3.63) is 29.8 Å². The van der Waals surface area contributed by atoms with E-state index in [1.54, 1.807) is 0 Å². The molecule has 0 bridgehead atoms. The van der Waals surface area contributed by atoms with E-state index in [9.17, 15) is 13.2 Å². The summed E-state index contributed by atoms with van der Waals surface area (Å²) in [5.41, 5.74) is -3.02. The lowest BCUT2D eigenvalue weighted by molar-refractivity contribution is -0.0329. The number of alkyl halides is 3. The summed E-state index contributed by atoms with van der Waals surface area (Å²) in [4.78, 5) is 0. The molecule has 0 saturated heterocycles. The third-order valence-electron chi connectivity index (χ3n) is 2.95. The van der Waals surface area contributed by atoms with E-state index in [-0.39, 0.29) is 24.1 Å². The normalized spacial score (nSPS) is 13.2. The summed E-state index contributed by atoms with van der Waals surface area (Å²) in [6.45, 7) is 5.25. The summed E-state index contributed by atoms with van der Waals surface area (Å²) < 4.78 is 41.2. The molecule has 0 aliphatic rings. The van der Waals surface area contributed by atoms with Gasteiger partial charge in [0.05, 0.1) is 6.61 Å². The van der Waals surface area contributed by atoms with E-state index in [0.717, 1.165) is 19.4 Å². The second-order valence-corrected chi connectivity index (χ2v) is 5.79. The van der Waals surface area contributed by atoms with E-state index < -0.39 is 5.51 Å². The molecule has 0 spiro atoms. The van der Waals surface area contributed by atoms with Crippen LogP contribution >= 0.6 is 11.8 Å². The Labute approximate surface area is 128 Å². The molecular weight excluding hydrogens is 299 g/mol. The van der Waals surface area contributed by atoms with Gasteiger partial charge >= 0.3 is 5.51 Å². The molecule has 0 heterocycles. The van der Waals surface area contributed by atoms with Crippen molar-refractivity contribution in [2.24, 2.45) is 0 Å². The molecule has 0 aliphatic heterocycles. The fourth-order valence-electron chi connectivity index (χ4n) is 1.93. The van der Waals surface area contributed by atoms with Gasteiger partial charge in [0.1, 0.15) is 5.75 Å². The third kappa shape index (κ3) is 7.62. The van der Waals surface area contributed by atoms with Gasteiger partial charge in [0.2, 0.25) is 0 Å². The van der Waals surface area contributed by atoms with Crippen molar-refractivity contribution in [3.8, 4) is 5.75 Å². The van der Waals surface area contributed by atoms with Gasteiger partial charge in [0.25, 0.3) is 0 Å². The second kappa shape index (κ2) is 9.20. The lowest BCUT2D eigenvalue weighted by atomic mass is 10.0. The van der Waals surface area contributed by atoms with E-state index in [4.69, 9.17) is 4.74 Å². The minimum Gasteiger partial charge on any atom is -0.493 e. The highest BCUT2D eigenvalue weighted by Gasteiger charge is 2.27. The van der Waals surface area contributed by atoms with Gasteiger partial charge in [-0.1, -0.05) is 26.0 Å². The predicted molar refractivity (Wildman–Crippen MR) is 81.8 cm³/mol. The quantitative estimate of drug-likeness (QED) is 0.662. The molecule has 2 nitrogen and oxygen atoms in total. The summed E-state index contributed by atoms with van der Waals surface area (Å²) in [5, 5.41) is 3.45. The molecular formula is C15H22F3NOS. The van der Waals surface area contributed by atoms with Gasteiger partial charge in [-0.2, -0.15) is 13.2 Å². The van der Waals surface area contributed by atoms with Crippen LogP contribution in [0.4, 0.5) is 13.2 Å². The summed E-state index contributed by atoms with van der Waals surface area (Å²) in [6.07, 6.45) is 2.07. The van der Waals surface area contributed by atoms with Crippen molar-refractivity contribution in [1.82, 2.24) is 5.32 Å². The molecule has 0 fully saturated rings. The van der Waals surface area contributed by atoms with Gasteiger partial charge in [-0.15, -0.1) is 0 Å². The van der Waals surface area contributed by atoms with E-state index >= 15 is 0 Å². The standard InChI is InChI=1S/C15H22F3NOS/c1-3-9-19-14(4-2)12-5-7-13(8-6-12)20-10-11-21-15(16,17)18/h5-8,14,19H,3-4,9-11H2,1-2H3. The molecule has 0 amide bonds. The average Bonchev–Trinajstić information content (AvgIpc) is 2.45. The Balaban J connectivity index is 2.42. The van der Waals surface area contributed by atoms with Gasteiger partial charge in [-0.05, 0) is 48.8 Å². The summed E-state index contributed by atoms with van der Waals surface area (Å²) >= 11 is -0.0614. The van der Waals surface area contributed by atoms with Gasteiger partial charge in [0, 0.05) is 11.8 Å². The maximum Gasteiger partial charge on any atom is 0.441 e. The first-order chi connectivity index (χ1) is 9.96. The molecule has 0 radical (unpaired) electrons. The maximum atomic E-state index is 12.0. The molecule has 6 heteroatoms. The highest BCUT2D eigenvalue weighted by atomic mass is 32.2. The number of benzene rings is 1. The monoisotopic (exact) mass is 321 g/mol. The first-order valence-electron chi connectivity index (χ1n) is 7.13. The molecule has 1 atom stereocenters. The Kier molecular flexibility index (Phi) is 7.96. The first kappa shape index (κ1) is 18.2. The molecule has 1 aromatic carbocycles. The van der Waals surface area contributed by atoms with E-state index in [2.05, 4.69) is 19.2 Å². The topological polar surface area (TPSA) is 21.3 Å². The maximum absolute atomic E-state index is 12.0. The Hall–Kier alpha value is -0.880. The molecule has 21 heavy (non-hydrogen) atoms. The summed E-state index contributed by atoms with van der Waals surface area (Å²) in [7, 11) is 0. The molecule has 1 rings (SSSR count). The number of thioether (sulfide) groups is 1. The van der Waals surface area contributed by atoms with E-state index in [1.165, 1.54) is 5.56 Å². The number of rotatable bonds is 9. The third-order valence-corrected chi connectivity index (χ3v) is 3.65. The van der Waals surface area contributed by atoms with Crippen LogP contribution in [-0.2, 0) is 0 Å². The zero-order chi connectivity index (χ0) is 15.7. The van der Waals surface area contributed by atoms with Crippen LogP contribution in [0.2, 0.25) is 0 Å². The second-order valence-electron chi connectivity index (χ2n) is 4.63. The minimum atomic E-state index is -4.19. The van der Waals surface area contributed by atoms with Gasteiger partial charge in [0.15, 0.2) is 0 Å². The summed E-state index contributed by atoms with van der Waals surface area (Å²) in [5.74, 6) is 0.507. The summed E-state index contributed by atoms with van der Waals surface area (Å²) in [6, 6.07) is 7.85. The Morgan fingerprint density at radius 2 is 1.86 bits per heavy atom. The van der Waals surface area contributed by atoms with Crippen molar-refractivity contribution >= 4 is 11.8 Å². The van der Waals surface area contributed by atoms with E-state index in [0.29, 0.717) is 11.8 Å². The molecule has 0 aliphatic carbocycles. The molecule has 1 unspecified atom stereocenters. The fraction of sp³-hybridized carbons (Fsp3) is 0.600. The van der Waals surface area contributed by atoms with Crippen LogP contribution in [0, 0.1) is 0 Å². The molecule has 120 valence electrons. The van der Waals surface area contributed by atoms with Crippen LogP contribution in [-0.4, -0.2) is 24.4 Å². The highest BCUT2D eigenvalue weighted by molar-refractivity contribution is 8.00. The predicted octanol–water partition coefficient (Wildman–Crippen LogP) is 4.77. The van der Waals surface area contributed by atoms with E-state index in [1.807, 2.05) is 24.3 Å². The van der Waals surface area contributed by atoms with Crippen molar-refractivity contribution in [1.29, 1.82) is 0 Å². The molecule has 1 N–H and O–H groups in total. The van der Waals surface area contributed by atoms with Crippen molar-refractivity contribution in [3.63, 3.8) is 0 Å². The zero-order valence-electron chi connectivity index (χ0n) is 12.4. The molecule has 0 aromatic heterocycles.